The molecule has 0 amide bonds. The van der Waals surface area contributed by atoms with Crippen molar-refractivity contribution in [2.75, 3.05) is 11.4 Å². The van der Waals surface area contributed by atoms with Gasteiger partial charge in [0.15, 0.2) is 23.2 Å². The van der Waals surface area contributed by atoms with E-state index >= 15 is 0 Å². The molecule has 0 bridgehead atoms. The molecule has 124 valence electrons. The first-order valence-electron chi connectivity index (χ1n) is 7.09. The lowest BCUT2D eigenvalue weighted by atomic mass is 10.0. The smallest absolute Gasteiger partial charge is 0.172 e. The van der Waals surface area contributed by atoms with E-state index < -0.39 is 35.6 Å². The SMILES string of the molecule is CC1(C)[C@]2(O)[C@H](n3cnc4c(NCl)ncnc43)O[C@H](CO)[C@]12O. The van der Waals surface area contributed by atoms with Crippen LogP contribution in [0.2, 0.25) is 0 Å². The first kappa shape index (κ1) is 15.0. The van der Waals surface area contributed by atoms with Gasteiger partial charge in [-0.05, 0) is 0 Å². The van der Waals surface area contributed by atoms with E-state index in [0.717, 1.165) is 0 Å². The third-order valence-electron chi connectivity index (χ3n) is 5.41. The number of rotatable bonds is 3. The lowest BCUT2D eigenvalue weighted by Gasteiger charge is -2.26. The van der Waals surface area contributed by atoms with Gasteiger partial charge in [-0.2, -0.15) is 0 Å². The highest BCUT2D eigenvalue weighted by atomic mass is 35.5. The monoisotopic (exact) mass is 341 g/mol. The summed E-state index contributed by atoms with van der Waals surface area (Å²) >= 11 is 5.61. The van der Waals surface area contributed by atoms with Crippen molar-refractivity contribution in [3.05, 3.63) is 12.7 Å². The molecule has 2 fully saturated rings. The Hall–Kier alpha value is -1.52. The zero-order valence-corrected chi connectivity index (χ0v) is 13.2. The van der Waals surface area contributed by atoms with Crippen LogP contribution in [0.15, 0.2) is 12.7 Å². The van der Waals surface area contributed by atoms with Gasteiger partial charge >= 0.3 is 0 Å². The fourth-order valence-corrected chi connectivity index (χ4v) is 4.07. The average Bonchev–Trinajstić information content (AvgIpc) is 2.91. The molecule has 1 saturated heterocycles. The fourth-order valence-electron chi connectivity index (χ4n) is 3.93. The van der Waals surface area contributed by atoms with Crippen molar-refractivity contribution in [3.63, 3.8) is 0 Å². The van der Waals surface area contributed by atoms with Crippen molar-refractivity contribution < 1.29 is 20.1 Å². The van der Waals surface area contributed by atoms with Crippen LogP contribution in [0.3, 0.4) is 0 Å². The maximum atomic E-state index is 11.1. The topological polar surface area (TPSA) is 126 Å². The van der Waals surface area contributed by atoms with Gasteiger partial charge in [0, 0.05) is 17.2 Å². The number of imidazole rings is 1. The van der Waals surface area contributed by atoms with E-state index in [1.54, 1.807) is 13.8 Å². The summed E-state index contributed by atoms with van der Waals surface area (Å²) in [6.45, 7) is 3.05. The second kappa shape index (κ2) is 4.31. The van der Waals surface area contributed by atoms with Crippen LogP contribution in [0.1, 0.15) is 20.1 Å². The van der Waals surface area contributed by atoms with E-state index in [1.165, 1.54) is 17.2 Å². The minimum Gasteiger partial charge on any atom is -0.394 e. The highest BCUT2D eigenvalue weighted by molar-refractivity contribution is 6.24. The number of halogens is 1. The molecule has 2 aromatic heterocycles. The molecule has 10 heteroatoms. The number of fused-ring (bicyclic) bond motifs is 2. The van der Waals surface area contributed by atoms with Gasteiger partial charge in [-0.3, -0.25) is 9.40 Å². The van der Waals surface area contributed by atoms with Crippen LogP contribution in [0, 0.1) is 5.41 Å². The lowest BCUT2D eigenvalue weighted by molar-refractivity contribution is -0.123. The summed E-state index contributed by atoms with van der Waals surface area (Å²) in [7, 11) is 0. The van der Waals surface area contributed by atoms with Gasteiger partial charge < -0.3 is 20.1 Å². The quantitative estimate of drug-likeness (QED) is 0.565. The molecule has 9 nitrogen and oxygen atoms in total. The second-order valence-electron chi connectivity index (χ2n) is 6.46. The molecule has 3 heterocycles. The minimum absolute atomic E-state index is 0.324. The lowest BCUT2D eigenvalue weighted by Crippen LogP contribution is -2.36. The summed E-state index contributed by atoms with van der Waals surface area (Å²) in [5.74, 6) is 0.324. The molecule has 1 aliphatic carbocycles. The zero-order chi connectivity index (χ0) is 16.6. The van der Waals surface area contributed by atoms with Gasteiger partial charge in [0.05, 0.1) is 12.9 Å². The van der Waals surface area contributed by atoms with Crippen molar-refractivity contribution in [1.82, 2.24) is 19.5 Å². The van der Waals surface area contributed by atoms with E-state index in [0.29, 0.717) is 17.0 Å². The third kappa shape index (κ3) is 1.41. The largest absolute Gasteiger partial charge is 0.394 e. The maximum absolute atomic E-state index is 11.1. The average molecular weight is 342 g/mol. The van der Waals surface area contributed by atoms with Crippen molar-refractivity contribution in [2.45, 2.75) is 37.4 Å². The number of anilines is 1. The van der Waals surface area contributed by atoms with Crippen LogP contribution >= 0.6 is 11.8 Å². The van der Waals surface area contributed by atoms with Gasteiger partial charge in [0.25, 0.3) is 0 Å². The van der Waals surface area contributed by atoms with Crippen molar-refractivity contribution in [1.29, 1.82) is 0 Å². The van der Waals surface area contributed by atoms with Gasteiger partial charge in [0.1, 0.15) is 23.6 Å². The number of aliphatic hydroxyl groups is 3. The molecular formula is C13H16ClN5O4. The summed E-state index contributed by atoms with van der Waals surface area (Å²) < 4.78 is 7.22. The zero-order valence-electron chi connectivity index (χ0n) is 12.4. The maximum Gasteiger partial charge on any atom is 0.172 e. The first-order chi connectivity index (χ1) is 10.8. The van der Waals surface area contributed by atoms with E-state index in [9.17, 15) is 15.3 Å². The van der Waals surface area contributed by atoms with Gasteiger partial charge in [-0.25, -0.2) is 15.0 Å². The summed E-state index contributed by atoms with van der Waals surface area (Å²) in [4.78, 5) is 14.7. The van der Waals surface area contributed by atoms with E-state index in [-0.39, 0.29) is 0 Å². The van der Waals surface area contributed by atoms with Crippen LogP contribution in [0.4, 0.5) is 5.82 Å². The third-order valence-corrected chi connectivity index (χ3v) is 5.59. The van der Waals surface area contributed by atoms with Crippen molar-refractivity contribution >= 4 is 28.8 Å². The fraction of sp³-hybridized carbons (Fsp3) is 0.615. The summed E-state index contributed by atoms with van der Waals surface area (Å²) in [6, 6.07) is 0. The number of aromatic nitrogens is 4. The molecule has 0 unspecified atom stereocenters. The molecule has 2 aliphatic rings. The Morgan fingerprint density at radius 1 is 1.30 bits per heavy atom. The Bertz CT molecular complexity index is 798. The van der Waals surface area contributed by atoms with E-state index in [4.69, 9.17) is 16.5 Å². The molecule has 4 atom stereocenters. The van der Waals surface area contributed by atoms with Crippen molar-refractivity contribution in [3.8, 4) is 0 Å². The Kier molecular flexibility index (Phi) is 2.82. The van der Waals surface area contributed by atoms with Crippen LogP contribution in [-0.4, -0.2) is 58.8 Å². The molecule has 4 rings (SSSR count). The standard InChI is InChI=1S/C13H16ClN5O4/c1-11(2)12(21)6(3-20)23-10(13(11,12)22)19-5-17-7-8(18-14)15-4-16-9(7)19/h4-6,10,20-22H,3H2,1-2H3,(H,15,16,18)/t6-,10-,12+,13-/m1/s1. The molecule has 0 aromatic carbocycles. The van der Waals surface area contributed by atoms with E-state index in [2.05, 4.69) is 19.8 Å². The molecular weight excluding hydrogens is 326 g/mol. The Morgan fingerprint density at radius 2 is 2.04 bits per heavy atom. The molecule has 23 heavy (non-hydrogen) atoms. The number of aliphatic hydroxyl groups excluding tert-OH is 1. The highest BCUT2D eigenvalue weighted by Gasteiger charge is 2.92. The number of nitrogens with one attached hydrogen (secondary N) is 1. The Labute approximate surface area is 136 Å². The number of hydrogen-bond acceptors (Lipinski definition) is 8. The van der Waals surface area contributed by atoms with Crippen LogP contribution in [0.5, 0.6) is 0 Å². The van der Waals surface area contributed by atoms with Crippen LogP contribution in [-0.2, 0) is 4.74 Å². The van der Waals surface area contributed by atoms with Crippen LogP contribution < -0.4 is 4.84 Å². The molecule has 4 N–H and O–H groups in total. The predicted molar refractivity (Wildman–Crippen MR) is 79.5 cm³/mol. The minimum atomic E-state index is -1.57. The molecule has 0 spiro atoms. The second-order valence-corrected chi connectivity index (χ2v) is 6.65. The summed E-state index contributed by atoms with van der Waals surface area (Å²) in [5.41, 5.74) is -3.17. The number of ether oxygens (including phenoxy) is 1. The van der Waals surface area contributed by atoms with Gasteiger partial charge in [-0.1, -0.05) is 13.8 Å². The number of nitrogens with zero attached hydrogens (tertiary/aromatic N) is 4. The summed E-state index contributed by atoms with van der Waals surface area (Å²) in [5, 5.41) is 31.4. The normalized spacial score (nSPS) is 37.8. The van der Waals surface area contributed by atoms with Crippen molar-refractivity contribution in [2.24, 2.45) is 5.41 Å². The highest BCUT2D eigenvalue weighted by Crippen LogP contribution is 2.75. The first-order valence-corrected chi connectivity index (χ1v) is 7.47. The molecule has 1 saturated carbocycles. The Morgan fingerprint density at radius 3 is 2.65 bits per heavy atom. The Balaban J connectivity index is 1.87. The number of hydrogen-bond donors (Lipinski definition) is 4. The predicted octanol–water partition coefficient (Wildman–Crippen LogP) is -0.216. The molecule has 1 aliphatic heterocycles. The van der Waals surface area contributed by atoms with Gasteiger partial charge in [0.2, 0.25) is 0 Å². The molecule has 2 aromatic rings. The van der Waals surface area contributed by atoms with Gasteiger partial charge in [-0.15, -0.1) is 0 Å². The molecule has 0 radical (unpaired) electrons. The summed E-state index contributed by atoms with van der Waals surface area (Å²) in [6.07, 6.45) is 0.895. The van der Waals surface area contributed by atoms with E-state index in [1.807, 2.05) is 0 Å². The van der Waals surface area contributed by atoms with Crippen LogP contribution in [0.25, 0.3) is 11.2 Å².